The molecule has 1 aromatic carbocycles. The van der Waals surface area contributed by atoms with Crippen LogP contribution in [0.3, 0.4) is 0 Å². The second-order valence-corrected chi connectivity index (χ2v) is 4.37. The maximum Gasteiger partial charge on any atom is 0.227 e. The molecule has 5 nitrogen and oxygen atoms in total. The topological polar surface area (TPSA) is 74.7 Å². The largest absolute Gasteiger partial charge is 0.490 e. The lowest BCUT2D eigenvalue weighted by atomic mass is 10.3. The van der Waals surface area contributed by atoms with E-state index in [0.717, 1.165) is 0 Å². The van der Waals surface area contributed by atoms with Crippen molar-refractivity contribution >= 4 is 11.6 Å². The molecule has 0 unspecified atom stereocenters. The van der Waals surface area contributed by atoms with Gasteiger partial charge in [-0.15, -0.1) is 0 Å². The first kappa shape index (κ1) is 14.4. The third kappa shape index (κ3) is 4.01. The predicted octanol–water partition coefficient (Wildman–Crippen LogP) is 2.21. The fourth-order valence-corrected chi connectivity index (χ4v) is 1.62. The van der Waals surface area contributed by atoms with Crippen molar-refractivity contribution in [1.29, 1.82) is 0 Å². The molecule has 1 aromatic heterocycles. The van der Waals surface area contributed by atoms with Gasteiger partial charge >= 0.3 is 0 Å². The van der Waals surface area contributed by atoms with Crippen LogP contribution in [0.2, 0.25) is 5.02 Å². The molecular weight excluding hydrogens is 282 g/mol. The van der Waals surface area contributed by atoms with Crippen LogP contribution in [0.4, 0.5) is 0 Å². The highest BCUT2D eigenvalue weighted by Crippen LogP contribution is 2.15. The van der Waals surface area contributed by atoms with E-state index in [2.05, 4.69) is 0 Å². The number of benzene rings is 1. The normalized spacial score (nSPS) is 10.3. The zero-order valence-corrected chi connectivity index (χ0v) is 11.4. The van der Waals surface area contributed by atoms with Gasteiger partial charge in [0.2, 0.25) is 11.2 Å². The zero-order chi connectivity index (χ0) is 14.4. The van der Waals surface area contributed by atoms with Crippen LogP contribution < -0.4 is 20.6 Å². The van der Waals surface area contributed by atoms with Gasteiger partial charge in [0, 0.05) is 11.1 Å². The molecule has 0 fully saturated rings. The molecule has 0 spiro atoms. The Morgan fingerprint density at radius 1 is 1.15 bits per heavy atom. The third-order valence-electron chi connectivity index (χ3n) is 2.48. The summed E-state index contributed by atoms with van der Waals surface area (Å²) in [4.78, 5) is 11.6. The molecule has 20 heavy (non-hydrogen) atoms. The van der Waals surface area contributed by atoms with Crippen molar-refractivity contribution in [3.8, 4) is 11.5 Å². The summed E-state index contributed by atoms with van der Waals surface area (Å²) in [5.74, 6) is 1.24. The second kappa shape index (κ2) is 6.98. The van der Waals surface area contributed by atoms with E-state index in [-0.39, 0.29) is 24.3 Å². The van der Waals surface area contributed by atoms with Crippen LogP contribution in [0.15, 0.2) is 45.8 Å². The zero-order valence-electron chi connectivity index (χ0n) is 10.7. The lowest BCUT2D eigenvalue weighted by Crippen LogP contribution is -2.14. The Balaban J connectivity index is 1.81. The summed E-state index contributed by atoms with van der Waals surface area (Å²) in [7, 11) is 0. The van der Waals surface area contributed by atoms with Crippen molar-refractivity contribution in [2.24, 2.45) is 5.73 Å². The van der Waals surface area contributed by atoms with Gasteiger partial charge < -0.3 is 19.6 Å². The molecule has 2 rings (SSSR count). The van der Waals surface area contributed by atoms with Crippen molar-refractivity contribution in [2.75, 3.05) is 13.2 Å². The van der Waals surface area contributed by atoms with Gasteiger partial charge in [0.05, 0.1) is 6.54 Å². The van der Waals surface area contributed by atoms with Gasteiger partial charge in [-0.3, -0.25) is 4.79 Å². The molecule has 0 bridgehead atoms. The first-order valence-electron chi connectivity index (χ1n) is 6.02. The van der Waals surface area contributed by atoms with Gasteiger partial charge in [0.1, 0.15) is 31.0 Å². The van der Waals surface area contributed by atoms with Gasteiger partial charge in [-0.1, -0.05) is 11.6 Å². The Hall–Kier alpha value is -1.98. The summed E-state index contributed by atoms with van der Waals surface area (Å²) in [6.07, 6.45) is 1.26. The van der Waals surface area contributed by atoms with Crippen LogP contribution in [0.1, 0.15) is 5.76 Å². The molecule has 0 atom stereocenters. The first-order valence-corrected chi connectivity index (χ1v) is 6.40. The van der Waals surface area contributed by atoms with Crippen LogP contribution in [0, 0.1) is 0 Å². The summed E-state index contributed by atoms with van der Waals surface area (Å²) >= 11 is 5.76. The fourth-order valence-electron chi connectivity index (χ4n) is 1.49. The van der Waals surface area contributed by atoms with E-state index in [1.165, 1.54) is 12.3 Å². The minimum atomic E-state index is -0.261. The summed E-state index contributed by atoms with van der Waals surface area (Å²) in [5.41, 5.74) is 5.10. The Morgan fingerprint density at radius 2 is 1.85 bits per heavy atom. The summed E-state index contributed by atoms with van der Waals surface area (Å²) in [6, 6.07) is 8.30. The minimum Gasteiger partial charge on any atom is -0.490 e. The van der Waals surface area contributed by atoms with Gasteiger partial charge in [0.25, 0.3) is 0 Å². The molecular formula is C14H14ClNO4. The van der Waals surface area contributed by atoms with Crippen LogP contribution in [0.25, 0.3) is 0 Å². The van der Waals surface area contributed by atoms with Gasteiger partial charge in [-0.25, -0.2) is 0 Å². The highest BCUT2D eigenvalue weighted by atomic mass is 35.5. The van der Waals surface area contributed by atoms with E-state index < -0.39 is 0 Å². The number of hydrogen-bond acceptors (Lipinski definition) is 5. The van der Waals surface area contributed by atoms with E-state index in [0.29, 0.717) is 23.1 Å². The van der Waals surface area contributed by atoms with Crippen molar-refractivity contribution in [3.63, 3.8) is 0 Å². The van der Waals surface area contributed by atoms with Crippen molar-refractivity contribution < 1.29 is 13.9 Å². The summed E-state index contributed by atoms with van der Waals surface area (Å²) in [5, 5.41) is 0.645. The van der Waals surface area contributed by atoms with E-state index >= 15 is 0 Å². The number of ether oxygens (including phenoxy) is 2. The van der Waals surface area contributed by atoms with E-state index in [1.54, 1.807) is 24.3 Å². The summed E-state index contributed by atoms with van der Waals surface area (Å²) < 4.78 is 15.8. The number of nitrogens with two attached hydrogens (primary N) is 1. The van der Waals surface area contributed by atoms with Crippen molar-refractivity contribution in [2.45, 2.75) is 6.54 Å². The van der Waals surface area contributed by atoms with Crippen LogP contribution >= 0.6 is 11.6 Å². The molecule has 0 saturated heterocycles. The quantitative estimate of drug-likeness (QED) is 0.827. The maximum atomic E-state index is 11.6. The van der Waals surface area contributed by atoms with Crippen LogP contribution in [-0.2, 0) is 6.54 Å². The van der Waals surface area contributed by atoms with Gasteiger partial charge in [-0.2, -0.15) is 0 Å². The molecule has 2 aromatic rings. The molecule has 6 heteroatoms. The van der Waals surface area contributed by atoms with Crippen LogP contribution in [-0.4, -0.2) is 13.2 Å². The first-order chi connectivity index (χ1) is 9.69. The smallest absolute Gasteiger partial charge is 0.227 e. The molecule has 0 saturated carbocycles. The molecule has 0 aliphatic carbocycles. The van der Waals surface area contributed by atoms with Gasteiger partial charge in [0.15, 0.2) is 0 Å². The molecule has 0 aliphatic heterocycles. The summed E-state index contributed by atoms with van der Waals surface area (Å²) in [6.45, 7) is 0.713. The standard InChI is InChI=1S/C14H14ClNO4/c15-10-1-3-11(4-2-10)18-5-6-19-14-9-20-12(8-16)7-13(14)17/h1-4,7,9H,5-6,8,16H2. The lowest BCUT2D eigenvalue weighted by molar-refractivity contribution is 0.212. The second-order valence-electron chi connectivity index (χ2n) is 3.93. The average Bonchev–Trinajstić information content (AvgIpc) is 2.46. The molecule has 1 heterocycles. The molecule has 0 aliphatic rings. The fraction of sp³-hybridized carbons (Fsp3) is 0.214. The number of rotatable bonds is 6. The third-order valence-corrected chi connectivity index (χ3v) is 2.73. The Morgan fingerprint density at radius 3 is 2.50 bits per heavy atom. The van der Waals surface area contributed by atoms with Crippen LogP contribution in [0.5, 0.6) is 11.5 Å². The minimum absolute atomic E-state index is 0.141. The maximum absolute atomic E-state index is 11.6. The predicted molar refractivity (Wildman–Crippen MR) is 75.3 cm³/mol. The number of halogens is 1. The van der Waals surface area contributed by atoms with Gasteiger partial charge in [-0.05, 0) is 24.3 Å². The Kier molecular flexibility index (Phi) is 5.03. The van der Waals surface area contributed by atoms with E-state index in [1.807, 2.05) is 0 Å². The Bertz CT molecular complexity index is 609. The monoisotopic (exact) mass is 295 g/mol. The van der Waals surface area contributed by atoms with Crippen molar-refractivity contribution in [3.05, 3.63) is 57.6 Å². The highest BCUT2D eigenvalue weighted by Gasteiger charge is 2.03. The molecule has 106 valence electrons. The van der Waals surface area contributed by atoms with Crippen molar-refractivity contribution in [1.82, 2.24) is 0 Å². The SMILES string of the molecule is NCc1cc(=O)c(OCCOc2ccc(Cl)cc2)co1. The molecule has 0 amide bonds. The van der Waals surface area contributed by atoms with E-state index in [9.17, 15) is 4.79 Å². The Labute approximate surface area is 120 Å². The number of hydrogen-bond donors (Lipinski definition) is 1. The molecule has 0 radical (unpaired) electrons. The van der Waals surface area contributed by atoms with E-state index in [4.69, 9.17) is 31.2 Å². The highest BCUT2D eigenvalue weighted by molar-refractivity contribution is 6.30. The molecule has 2 N–H and O–H groups in total. The lowest BCUT2D eigenvalue weighted by Gasteiger charge is -2.07. The average molecular weight is 296 g/mol.